The lowest BCUT2D eigenvalue weighted by molar-refractivity contribution is -0.216. The van der Waals surface area contributed by atoms with E-state index in [2.05, 4.69) is 115 Å². The Balaban J connectivity index is 0.000000174. The molecule has 10 rings (SSSR count). The minimum Gasteiger partial charge on any atom is -0.408 e. The lowest BCUT2D eigenvalue weighted by Gasteiger charge is -2.43. The molecule has 0 spiro atoms. The Morgan fingerprint density at radius 1 is 0.714 bits per heavy atom. The van der Waals surface area contributed by atoms with Gasteiger partial charge in [-0.2, -0.15) is 9.97 Å². The Morgan fingerprint density at radius 2 is 1.10 bits per heavy atom. The van der Waals surface area contributed by atoms with Crippen molar-refractivity contribution in [3.05, 3.63) is 33.4 Å². The number of ether oxygens (including phenoxy) is 4. The van der Waals surface area contributed by atoms with Crippen LogP contribution in [0, 0.1) is 17.3 Å². The Morgan fingerprint density at radius 3 is 1.47 bits per heavy atom. The van der Waals surface area contributed by atoms with Gasteiger partial charge in [-0.05, 0) is 61.9 Å². The van der Waals surface area contributed by atoms with Gasteiger partial charge in [-0.15, -0.1) is 0 Å². The number of aromatic amines is 2. The maximum absolute atomic E-state index is 12.7. The zero-order valence-electron chi connectivity index (χ0n) is 43.2. The van der Waals surface area contributed by atoms with Crippen LogP contribution >= 0.6 is 0 Å². The fourth-order valence-corrected chi connectivity index (χ4v) is 12.1. The summed E-state index contributed by atoms with van der Waals surface area (Å²) in [7, 11) is -4.37. The number of aromatic nitrogens is 8. The molecule has 21 nitrogen and oxygen atoms in total. The summed E-state index contributed by atoms with van der Waals surface area (Å²) in [5.74, 6) is -0.912. The van der Waals surface area contributed by atoms with Crippen LogP contribution in [0.3, 0.4) is 0 Å². The van der Waals surface area contributed by atoms with Gasteiger partial charge in [-0.1, -0.05) is 76.2 Å². The lowest BCUT2D eigenvalue weighted by atomic mass is 9.83. The highest BCUT2D eigenvalue weighted by molar-refractivity contribution is 6.74. The first-order valence-corrected chi connectivity index (χ1v) is 30.4. The summed E-state index contributed by atoms with van der Waals surface area (Å²) in [4.78, 5) is 72.5. The van der Waals surface area contributed by atoms with E-state index in [0.717, 1.165) is 12.8 Å². The van der Waals surface area contributed by atoms with E-state index in [9.17, 15) is 24.3 Å². The second-order valence-electron chi connectivity index (χ2n) is 24.3. The van der Waals surface area contributed by atoms with E-state index < -0.39 is 69.2 Å². The van der Waals surface area contributed by atoms with Gasteiger partial charge in [-0.3, -0.25) is 48.9 Å². The summed E-state index contributed by atoms with van der Waals surface area (Å²) in [6.07, 6.45) is 3.60. The standard InChI is InChI=1S/C24H37N5O5Si.C23H35N5O6Si/c1-13(2)18(30)27-21-26-17-14(19(31)28-21)25-12-29(17)20-15-16(34-35(7,8)22(3,4)5)24(33-20,11-32-15)23(6)9-10-23;1-12(2)17(29)26-20-25-16-13(18(30)27-20)24-11-28(16)19-14-15(34-35(6,7)21(3,4)5)23(33-19,10-32-14)22(31)8-9-22/h12-13,15-16,20H,9-11H2,1-8H3,(H2,26,27,28,30,31);11-12,14-15,19,31H,8-10H2,1-7H3,(H2,25,26,27,29,30)/t15?,16-,20-,24+;14?,15-,19-,23+/m11/s1. The number of hydrogen-bond donors (Lipinski definition) is 5. The normalized spacial score (nSPS) is 29.8. The van der Waals surface area contributed by atoms with Gasteiger partial charge in [0.15, 0.2) is 57.0 Å². The number of nitrogens with one attached hydrogen (secondary N) is 4. The second-order valence-corrected chi connectivity index (χ2v) is 33.8. The molecule has 6 fully saturated rings. The van der Waals surface area contributed by atoms with E-state index in [1.807, 2.05) is 0 Å². The molecule has 2 saturated carbocycles. The molecule has 2 aliphatic carbocycles. The molecule has 5 N–H and O–H groups in total. The number of carbonyl (C=O) groups is 2. The van der Waals surface area contributed by atoms with Crippen molar-refractivity contribution in [2.75, 3.05) is 23.8 Å². The number of nitrogens with zero attached hydrogens (tertiary/aromatic N) is 6. The number of H-pyrrole nitrogens is 2. The van der Waals surface area contributed by atoms with Crippen molar-refractivity contribution in [1.82, 2.24) is 39.0 Å². The number of imidazole rings is 2. The molecule has 4 saturated heterocycles. The topological polar surface area (TPSA) is 261 Å². The molecule has 8 atom stereocenters. The average Bonchev–Trinajstić information content (AvgIpc) is 3.74. The van der Waals surface area contributed by atoms with Gasteiger partial charge in [0, 0.05) is 17.3 Å². The van der Waals surface area contributed by atoms with Crippen molar-refractivity contribution in [2.45, 2.75) is 192 Å². The zero-order chi connectivity index (χ0) is 51.1. The molecule has 2 unspecified atom stereocenters. The monoisotopic (exact) mass is 1010 g/mol. The second kappa shape index (κ2) is 16.7. The molecule has 70 heavy (non-hydrogen) atoms. The number of hydrogen-bond acceptors (Lipinski definition) is 15. The first kappa shape index (κ1) is 50.7. The zero-order valence-corrected chi connectivity index (χ0v) is 45.2. The summed E-state index contributed by atoms with van der Waals surface area (Å²) in [6, 6.07) is 0. The van der Waals surface area contributed by atoms with E-state index in [0.29, 0.717) is 25.1 Å². The van der Waals surface area contributed by atoms with Crippen LogP contribution in [0.2, 0.25) is 36.3 Å². The molecule has 4 aliphatic heterocycles. The largest absolute Gasteiger partial charge is 0.408 e. The van der Waals surface area contributed by atoms with E-state index in [1.165, 1.54) is 6.33 Å². The van der Waals surface area contributed by atoms with Gasteiger partial charge in [0.05, 0.1) is 31.5 Å². The maximum Gasteiger partial charge on any atom is 0.280 e. The van der Waals surface area contributed by atoms with Crippen molar-refractivity contribution in [1.29, 1.82) is 0 Å². The molecule has 4 aromatic heterocycles. The number of fused-ring (bicyclic) bond motifs is 6. The summed E-state index contributed by atoms with van der Waals surface area (Å²) in [5.41, 5.74) is -2.60. The van der Waals surface area contributed by atoms with Crippen molar-refractivity contribution in [3.8, 4) is 0 Å². The third-order valence-electron chi connectivity index (χ3n) is 16.7. The highest BCUT2D eigenvalue weighted by atomic mass is 28.4. The number of anilines is 2. The molecule has 6 aliphatic rings. The van der Waals surface area contributed by atoms with Crippen LogP contribution in [-0.2, 0) is 37.4 Å². The Bertz CT molecular complexity index is 2650. The number of amides is 2. The van der Waals surface area contributed by atoms with Crippen LogP contribution < -0.4 is 21.8 Å². The molecule has 23 heteroatoms. The first-order valence-electron chi connectivity index (χ1n) is 24.6. The van der Waals surface area contributed by atoms with Crippen LogP contribution in [-0.4, -0.2) is 127 Å². The Labute approximate surface area is 409 Å². The lowest BCUT2D eigenvalue weighted by Crippen LogP contribution is -2.57. The average molecular weight is 1010 g/mol. The molecular formula is C47H72N10O11Si2. The van der Waals surface area contributed by atoms with Crippen molar-refractivity contribution in [2.24, 2.45) is 17.3 Å². The van der Waals surface area contributed by atoms with Gasteiger partial charge in [0.25, 0.3) is 11.1 Å². The summed E-state index contributed by atoms with van der Waals surface area (Å²) in [6.45, 7) is 32.0. The Hall–Kier alpha value is -4.21. The number of rotatable bonds is 12. The minimum atomic E-state index is -2.24. The van der Waals surface area contributed by atoms with E-state index in [-0.39, 0.29) is 86.5 Å². The van der Waals surface area contributed by atoms with Gasteiger partial charge in [-0.25, -0.2) is 9.97 Å². The van der Waals surface area contributed by atoms with Crippen molar-refractivity contribution < 1.29 is 42.5 Å². The first-order chi connectivity index (χ1) is 32.4. The summed E-state index contributed by atoms with van der Waals surface area (Å²) < 4.78 is 43.3. The van der Waals surface area contributed by atoms with E-state index in [1.54, 1.807) is 43.2 Å². The van der Waals surface area contributed by atoms with E-state index in [4.69, 9.17) is 27.8 Å². The molecular weight excluding hydrogens is 937 g/mol. The van der Waals surface area contributed by atoms with Crippen LogP contribution in [0.1, 0.15) is 114 Å². The molecule has 2 amide bonds. The van der Waals surface area contributed by atoms with Crippen LogP contribution in [0.15, 0.2) is 22.2 Å². The fraction of sp³-hybridized carbons (Fsp3) is 0.745. The predicted octanol–water partition coefficient (Wildman–Crippen LogP) is 5.87. The molecule has 4 bridgehead atoms. The molecule has 0 radical (unpaired) electrons. The van der Waals surface area contributed by atoms with Gasteiger partial charge < -0.3 is 32.9 Å². The highest BCUT2D eigenvalue weighted by Crippen LogP contribution is 2.66. The minimum absolute atomic E-state index is 0.0266. The van der Waals surface area contributed by atoms with Crippen molar-refractivity contribution >= 4 is 62.7 Å². The third-order valence-corrected chi connectivity index (χ3v) is 25.6. The number of aliphatic hydroxyl groups is 1. The summed E-state index contributed by atoms with van der Waals surface area (Å²) >= 11 is 0. The molecule has 8 heterocycles. The third kappa shape index (κ3) is 8.14. The highest BCUT2D eigenvalue weighted by Gasteiger charge is 2.76. The van der Waals surface area contributed by atoms with Crippen LogP contribution in [0.25, 0.3) is 22.3 Å². The quantitative estimate of drug-likeness (QED) is 0.104. The molecule has 384 valence electrons. The van der Waals surface area contributed by atoms with Crippen LogP contribution in [0.4, 0.5) is 11.9 Å². The van der Waals surface area contributed by atoms with Gasteiger partial charge in [0.2, 0.25) is 23.7 Å². The SMILES string of the molecule is CC(C)C(=O)Nc1nc2c(ncn2[C@@H]2O[C@@]3(C4(C)CC4)COC2[C@H]3O[Si](C)(C)C(C)(C)C)c(=O)[nH]1.CC(C)C(=O)Nc1nc2c(ncn2[C@@H]2O[C@@]3(C4(O)CC4)COC2[C@H]3O[Si](C)(C)C(C)(C)C)c(=O)[nH]1. The fourth-order valence-electron chi connectivity index (χ4n) is 9.47. The predicted molar refractivity (Wildman–Crippen MR) is 264 cm³/mol. The molecule has 0 aromatic carbocycles. The van der Waals surface area contributed by atoms with Crippen molar-refractivity contribution in [3.63, 3.8) is 0 Å². The van der Waals surface area contributed by atoms with E-state index >= 15 is 0 Å². The van der Waals surface area contributed by atoms with Crippen LogP contribution in [0.5, 0.6) is 0 Å². The molecule has 4 aromatic rings. The maximum atomic E-state index is 12.7. The summed E-state index contributed by atoms with van der Waals surface area (Å²) in [5, 5.41) is 16.6. The Kier molecular flexibility index (Phi) is 12.1. The number of carbonyl (C=O) groups excluding carboxylic acids is 2. The van der Waals surface area contributed by atoms with Gasteiger partial charge >= 0.3 is 0 Å². The van der Waals surface area contributed by atoms with Gasteiger partial charge in [0.1, 0.15) is 30.0 Å². The smallest absolute Gasteiger partial charge is 0.280 e.